The summed E-state index contributed by atoms with van der Waals surface area (Å²) in [6.45, 7) is 3.21. The first-order valence-corrected chi connectivity index (χ1v) is 9.90. The lowest BCUT2D eigenvalue weighted by Gasteiger charge is -2.43. The van der Waals surface area contributed by atoms with Crippen molar-refractivity contribution in [2.45, 2.75) is 57.6 Å². The molecular formula is C20H29ClN2O2. The Morgan fingerprint density at radius 1 is 1.36 bits per heavy atom. The van der Waals surface area contributed by atoms with Crippen LogP contribution in [0, 0.1) is 5.92 Å². The number of hydrogen-bond donors (Lipinski definition) is 2. The number of nitrogens with zero attached hydrogens (tertiary/aromatic N) is 1. The third-order valence-corrected chi connectivity index (χ3v) is 5.75. The van der Waals surface area contributed by atoms with Gasteiger partial charge in [0.2, 0.25) is 5.91 Å². The Kier molecular flexibility index (Phi) is 6.37. The van der Waals surface area contributed by atoms with Crippen LogP contribution in [0.4, 0.5) is 0 Å². The highest BCUT2D eigenvalue weighted by Gasteiger charge is 2.36. The fourth-order valence-corrected chi connectivity index (χ4v) is 4.55. The van der Waals surface area contributed by atoms with Crippen LogP contribution in [-0.4, -0.2) is 41.7 Å². The average molecular weight is 365 g/mol. The lowest BCUT2D eigenvalue weighted by Crippen LogP contribution is -2.47. The van der Waals surface area contributed by atoms with Gasteiger partial charge < -0.3 is 15.3 Å². The van der Waals surface area contributed by atoms with Gasteiger partial charge in [-0.05, 0) is 55.4 Å². The number of hydrogen-bond acceptors (Lipinski definition) is 3. The van der Waals surface area contributed by atoms with Crippen LogP contribution < -0.4 is 5.32 Å². The molecule has 1 aromatic rings. The summed E-state index contributed by atoms with van der Waals surface area (Å²) in [5.74, 6) is 0.673. The van der Waals surface area contributed by atoms with Crippen molar-refractivity contribution < 1.29 is 9.90 Å². The topological polar surface area (TPSA) is 52.6 Å². The van der Waals surface area contributed by atoms with Crippen LogP contribution in [0.15, 0.2) is 18.2 Å². The zero-order chi connectivity index (χ0) is 17.8. The molecule has 0 bridgehead atoms. The van der Waals surface area contributed by atoms with Crippen molar-refractivity contribution in [3.8, 4) is 0 Å². The van der Waals surface area contributed by atoms with E-state index in [0.717, 1.165) is 18.0 Å². The smallest absolute Gasteiger partial charge is 0.237 e. The number of carbonyl (C=O) groups is 1. The number of rotatable bonds is 5. The van der Waals surface area contributed by atoms with Crippen molar-refractivity contribution in [2.24, 2.45) is 5.92 Å². The lowest BCUT2D eigenvalue weighted by atomic mass is 9.77. The van der Waals surface area contributed by atoms with Gasteiger partial charge in [0.05, 0.1) is 18.7 Å². The molecule has 1 saturated carbocycles. The molecule has 25 heavy (non-hydrogen) atoms. The number of carbonyl (C=O) groups excluding carboxylic acids is 1. The minimum atomic E-state index is -0.439. The minimum Gasteiger partial charge on any atom is -0.392 e. The van der Waals surface area contributed by atoms with Crippen LogP contribution in [0.1, 0.15) is 56.2 Å². The molecule has 0 radical (unpaired) electrons. The molecule has 0 spiro atoms. The third kappa shape index (κ3) is 4.55. The molecule has 2 N–H and O–H groups in total. The van der Waals surface area contributed by atoms with Crippen molar-refractivity contribution in [3.63, 3.8) is 0 Å². The van der Waals surface area contributed by atoms with E-state index in [-0.39, 0.29) is 18.5 Å². The van der Waals surface area contributed by atoms with Crippen LogP contribution in [0.5, 0.6) is 0 Å². The van der Waals surface area contributed by atoms with E-state index in [1.165, 1.54) is 43.2 Å². The number of halogens is 1. The van der Waals surface area contributed by atoms with Gasteiger partial charge in [-0.3, -0.25) is 4.79 Å². The first-order chi connectivity index (χ1) is 12.1. The highest BCUT2D eigenvalue weighted by molar-refractivity contribution is 6.30. The molecule has 1 amide bonds. The van der Waals surface area contributed by atoms with E-state index in [1.54, 1.807) is 6.92 Å². The average Bonchev–Trinajstić information content (AvgIpc) is 2.60. The summed E-state index contributed by atoms with van der Waals surface area (Å²) in [4.78, 5) is 14.9. The highest BCUT2D eigenvalue weighted by atomic mass is 35.5. The van der Waals surface area contributed by atoms with E-state index in [9.17, 15) is 9.90 Å². The van der Waals surface area contributed by atoms with Gasteiger partial charge in [0, 0.05) is 18.1 Å². The first kappa shape index (κ1) is 18.7. The van der Waals surface area contributed by atoms with E-state index >= 15 is 0 Å². The van der Waals surface area contributed by atoms with Crippen molar-refractivity contribution in [2.75, 3.05) is 19.6 Å². The number of fused-ring (bicyclic) bond motifs is 1. The van der Waals surface area contributed by atoms with E-state index in [4.69, 9.17) is 11.6 Å². The largest absolute Gasteiger partial charge is 0.392 e. The van der Waals surface area contributed by atoms with E-state index in [1.807, 2.05) is 6.07 Å². The van der Waals surface area contributed by atoms with Crippen molar-refractivity contribution in [1.29, 1.82) is 0 Å². The summed E-state index contributed by atoms with van der Waals surface area (Å²) in [6.07, 6.45) is 6.63. The van der Waals surface area contributed by atoms with E-state index < -0.39 is 6.10 Å². The molecule has 3 rings (SSSR count). The molecule has 1 aromatic carbocycles. The Morgan fingerprint density at radius 3 is 2.84 bits per heavy atom. The first-order valence-electron chi connectivity index (χ1n) is 9.53. The Bertz CT molecular complexity index is 599. The molecule has 5 heteroatoms. The summed E-state index contributed by atoms with van der Waals surface area (Å²) in [5, 5.41) is 13.2. The zero-order valence-electron chi connectivity index (χ0n) is 15.0. The van der Waals surface area contributed by atoms with Gasteiger partial charge in [-0.15, -0.1) is 0 Å². The number of aliphatic hydroxyl groups excluding tert-OH is 1. The molecule has 1 fully saturated rings. The highest BCUT2D eigenvalue weighted by Crippen LogP contribution is 2.42. The maximum absolute atomic E-state index is 12.9. The lowest BCUT2D eigenvalue weighted by molar-refractivity contribution is -0.134. The van der Waals surface area contributed by atoms with Crippen molar-refractivity contribution in [1.82, 2.24) is 10.2 Å². The Hall–Kier alpha value is -1.10. The monoisotopic (exact) mass is 364 g/mol. The molecule has 138 valence electrons. The molecule has 2 aliphatic rings. The zero-order valence-corrected chi connectivity index (χ0v) is 15.8. The molecule has 0 aromatic heterocycles. The van der Waals surface area contributed by atoms with Gasteiger partial charge in [0.25, 0.3) is 0 Å². The molecule has 1 unspecified atom stereocenters. The summed E-state index contributed by atoms with van der Waals surface area (Å²) in [7, 11) is 0. The van der Waals surface area contributed by atoms with E-state index in [2.05, 4.69) is 22.3 Å². The normalized spacial score (nSPS) is 22.5. The molecule has 1 aliphatic carbocycles. The predicted molar refractivity (Wildman–Crippen MR) is 101 cm³/mol. The molecule has 1 heterocycles. The SMILES string of the molecule is C[C@@H](O)CNCC(=O)N1CCc2cc(Cl)ccc2C1C1CCCCC1. The van der Waals surface area contributed by atoms with E-state index in [0.29, 0.717) is 12.5 Å². The van der Waals surface area contributed by atoms with Crippen LogP contribution in [-0.2, 0) is 11.2 Å². The van der Waals surface area contributed by atoms with Crippen LogP contribution in [0.25, 0.3) is 0 Å². The number of aliphatic hydroxyl groups is 1. The fraction of sp³-hybridized carbons (Fsp3) is 0.650. The van der Waals surface area contributed by atoms with Gasteiger partial charge >= 0.3 is 0 Å². The Morgan fingerprint density at radius 2 is 2.12 bits per heavy atom. The number of amides is 1. The van der Waals surface area contributed by atoms with Crippen LogP contribution >= 0.6 is 11.6 Å². The summed E-state index contributed by atoms with van der Waals surface area (Å²) in [5.41, 5.74) is 2.58. The van der Waals surface area contributed by atoms with Crippen molar-refractivity contribution >= 4 is 17.5 Å². The summed E-state index contributed by atoms with van der Waals surface area (Å²) < 4.78 is 0. The summed E-state index contributed by atoms with van der Waals surface area (Å²) in [6, 6.07) is 6.32. The van der Waals surface area contributed by atoms with Gasteiger partial charge in [-0.1, -0.05) is 36.9 Å². The Labute approximate surface area is 155 Å². The van der Waals surface area contributed by atoms with Gasteiger partial charge in [-0.25, -0.2) is 0 Å². The minimum absolute atomic E-state index is 0.136. The van der Waals surface area contributed by atoms with Gasteiger partial charge in [0.1, 0.15) is 0 Å². The van der Waals surface area contributed by atoms with Gasteiger partial charge in [0.15, 0.2) is 0 Å². The molecular weight excluding hydrogens is 336 g/mol. The molecule has 4 nitrogen and oxygen atoms in total. The summed E-state index contributed by atoms with van der Waals surface area (Å²) >= 11 is 6.19. The number of nitrogens with one attached hydrogen (secondary N) is 1. The third-order valence-electron chi connectivity index (χ3n) is 5.51. The van der Waals surface area contributed by atoms with Gasteiger partial charge in [-0.2, -0.15) is 0 Å². The molecule has 0 saturated heterocycles. The van der Waals surface area contributed by atoms with Crippen molar-refractivity contribution in [3.05, 3.63) is 34.3 Å². The quantitative estimate of drug-likeness (QED) is 0.842. The molecule has 2 atom stereocenters. The number of benzene rings is 1. The van der Waals surface area contributed by atoms with Crippen LogP contribution in [0.2, 0.25) is 5.02 Å². The molecule has 1 aliphatic heterocycles. The maximum atomic E-state index is 12.9. The Balaban J connectivity index is 1.81. The maximum Gasteiger partial charge on any atom is 0.237 e. The second-order valence-corrected chi connectivity index (χ2v) is 7.94. The standard InChI is InChI=1S/C20H29ClN2O2/c1-14(24)12-22-13-19(25)23-10-9-16-11-17(21)7-8-18(16)20(23)15-5-3-2-4-6-15/h7-8,11,14-15,20,22,24H,2-6,9-10,12-13H2,1H3/t14-,20?/m1/s1. The second kappa shape index (κ2) is 8.52. The fourth-order valence-electron chi connectivity index (χ4n) is 4.35. The van der Waals surface area contributed by atoms with Crippen LogP contribution in [0.3, 0.4) is 0 Å². The predicted octanol–water partition coefficient (Wildman–Crippen LogP) is 3.32. The second-order valence-electron chi connectivity index (χ2n) is 7.50.